The van der Waals surface area contributed by atoms with Crippen molar-refractivity contribution in [1.82, 2.24) is 15.0 Å². The minimum absolute atomic E-state index is 0.0902. The maximum Gasteiger partial charge on any atom is 0.434 e. The topological polar surface area (TPSA) is 59.9 Å². The van der Waals surface area contributed by atoms with Gasteiger partial charge in [0.15, 0.2) is 10.8 Å². The van der Waals surface area contributed by atoms with Gasteiger partial charge in [0.2, 0.25) is 11.8 Å². The zero-order chi connectivity index (χ0) is 24.5. The number of thiazole rings is 1. The van der Waals surface area contributed by atoms with Crippen LogP contribution >= 0.6 is 11.3 Å². The van der Waals surface area contributed by atoms with E-state index in [0.29, 0.717) is 22.8 Å². The summed E-state index contributed by atoms with van der Waals surface area (Å²) in [6.07, 6.45) is -2.10. The minimum atomic E-state index is -4.78. The van der Waals surface area contributed by atoms with Crippen molar-refractivity contribution < 1.29 is 22.3 Å². The summed E-state index contributed by atoms with van der Waals surface area (Å²) in [5.74, 6) is -0.269. The number of rotatable bonds is 5. The van der Waals surface area contributed by atoms with Gasteiger partial charge < -0.3 is 10.1 Å². The highest BCUT2D eigenvalue weighted by Gasteiger charge is 2.39. The lowest BCUT2D eigenvalue weighted by Crippen LogP contribution is -2.12. The molecule has 0 aliphatic carbocycles. The Bertz CT molecular complexity index is 1310. The Morgan fingerprint density at radius 3 is 2.32 bits per heavy atom. The smallest absolute Gasteiger partial charge is 0.434 e. The van der Waals surface area contributed by atoms with Crippen LogP contribution in [0.2, 0.25) is 0 Å². The quantitative estimate of drug-likeness (QED) is 0.232. The summed E-state index contributed by atoms with van der Waals surface area (Å²) in [7, 11) is 0. The molecule has 1 N–H and O–H groups in total. The maximum absolute atomic E-state index is 14.2. The van der Waals surface area contributed by atoms with Crippen LogP contribution in [0.3, 0.4) is 0 Å². The number of hydrogen-bond acceptors (Lipinski definition) is 6. The van der Waals surface area contributed by atoms with E-state index >= 15 is 0 Å². The van der Waals surface area contributed by atoms with Gasteiger partial charge in [0.25, 0.3) is 0 Å². The number of hydrogen-bond donors (Lipinski definition) is 1. The van der Waals surface area contributed by atoms with Crippen LogP contribution in [0.15, 0.2) is 60.9 Å². The van der Waals surface area contributed by atoms with Crippen LogP contribution in [-0.4, -0.2) is 15.0 Å². The molecule has 10 heteroatoms. The van der Waals surface area contributed by atoms with Gasteiger partial charge >= 0.3 is 6.18 Å². The van der Waals surface area contributed by atoms with E-state index in [-0.39, 0.29) is 26.9 Å². The number of nitrogens with zero attached hydrogens (tertiary/aromatic N) is 3. The van der Waals surface area contributed by atoms with Gasteiger partial charge in [0.05, 0.1) is 4.88 Å². The minimum Gasteiger partial charge on any atom is -0.437 e. The molecule has 34 heavy (non-hydrogen) atoms. The second-order valence-electron chi connectivity index (χ2n) is 8.37. The van der Waals surface area contributed by atoms with Crippen molar-refractivity contribution in [3.8, 4) is 22.1 Å². The molecule has 0 radical (unpaired) electrons. The van der Waals surface area contributed by atoms with Gasteiger partial charge in [-0.3, -0.25) is 0 Å². The molecule has 5 nitrogen and oxygen atoms in total. The van der Waals surface area contributed by atoms with E-state index in [2.05, 4.69) is 20.3 Å². The molecule has 0 bridgehead atoms. The number of para-hydroxylation sites is 1. The molecular weight excluding hydrogens is 467 g/mol. The third-order valence-electron chi connectivity index (χ3n) is 4.81. The zero-order valence-electron chi connectivity index (χ0n) is 18.4. The molecule has 0 aliphatic rings. The molecule has 0 unspecified atom stereocenters. The summed E-state index contributed by atoms with van der Waals surface area (Å²) < 4.78 is 61.3. The van der Waals surface area contributed by atoms with E-state index in [1.54, 1.807) is 18.2 Å². The fourth-order valence-corrected chi connectivity index (χ4v) is 4.28. The zero-order valence-corrected chi connectivity index (χ0v) is 19.3. The highest BCUT2D eigenvalue weighted by Crippen LogP contribution is 2.44. The van der Waals surface area contributed by atoms with Crippen LogP contribution < -0.4 is 10.1 Å². The Morgan fingerprint density at radius 1 is 0.912 bits per heavy atom. The van der Waals surface area contributed by atoms with Crippen LogP contribution in [-0.2, 0) is 11.6 Å². The Balaban J connectivity index is 1.72. The van der Waals surface area contributed by atoms with Gasteiger partial charge in [-0.25, -0.2) is 15.0 Å². The van der Waals surface area contributed by atoms with E-state index in [4.69, 9.17) is 4.74 Å². The lowest BCUT2D eigenvalue weighted by Gasteiger charge is -2.22. The molecule has 0 amide bonds. The van der Waals surface area contributed by atoms with Crippen LogP contribution in [0, 0.1) is 5.95 Å². The number of alkyl halides is 3. The van der Waals surface area contributed by atoms with Crippen molar-refractivity contribution in [2.45, 2.75) is 32.4 Å². The largest absolute Gasteiger partial charge is 0.437 e. The Kier molecular flexibility index (Phi) is 6.26. The van der Waals surface area contributed by atoms with Crippen LogP contribution in [0.1, 0.15) is 32.0 Å². The molecule has 1 aromatic carbocycles. The van der Waals surface area contributed by atoms with E-state index in [9.17, 15) is 17.6 Å². The van der Waals surface area contributed by atoms with Crippen molar-refractivity contribution in [2.75, 3.05) is 5.32 Å². The average Bonchev–Trinajstić information content (AvgIpc) is 3.19. The Labute approximate surface area is 197 Å². The van der Waals surface area contributed by atoms with Gasteiger partial charge in [-0.05, 0) is 35.7 Å². The maximum atomic E-state index is 14.2. The Hall–Kier alpha value is -3.53. The molecule has 176 valence electrons. The van der Waals surface area contributed by atoms with Crippen molar-refractivity contribution in [3.05, 3.63) is 78.1 Å². The van der Waals surface area contributed by atoms with Gasteiger partial charge in [-0.1, -0.05) is 50.3 Å². The number of ether oxygens (including phenoxy) is 1. The summed E-state index contributed by atoms with van der Waals surface area (Å²) in [6, 6.07) is 13.3. The lowest BCUT2D eigenvalue weighted by molar-refractivity contribution is -0.140. The van der Waals surface area contributed by atoms with Crippen molar-refractivity contribution >= 4 is 22.2 Å². The van der Waals surface area contributed by atoms with Crippen molar-refractivity contribution in [3.63, 3.8) is 0 Å². The summed E-state index contributed by atoms with van der Waals surface area (Å²) in [5.41, 5.74) is -0.432. The Morgan fingerprint density at radius 2 is 1.62 bits per heavy atom. The van der Waals surface area contributed by atoms with Gasteiger partial charge in [0.1, 0.15) is 11.4 Å². The first-order valence-electron chi connectivity index (χ1n) is 10.2. The molecule has 0 fully saturated rings. The van der Waals surface area contributed by atoms with Crippen LogP contribution in [0.4, 0.5) is 28.4 Å². The number of aromatic nitrogens is 3. The summed E-state index contributed by atoms with van der Waals surface area (Å²) in [6.45, 7) is 6.13. The lowest BCUT2D eigenvalue weighted by atomic mass is 9.86. The molecule has 0 aliphatic heterocycles. The van der Waals surface area contributed by atoms with E-state index < -0.39 is 17.8 Å². The number of anilines is 2. The molecule has 3 heterocycles. The van der Waals surface area contributed by atoms with E-state index in [1.165, 1.54) is 24.5 Å². The van der Waals surface area contributed by atoms with E-state index in [1.807, 2.05) is 39.0 Å². The third-order valence-corrected chi connectivity index (χ3v) is 5.82. The molecule has 4 aromatic rings. The predicted molar refractivity (Wildman–Crippen MR) is 123 cm³/mol. The molecule has 3 aromatic heterocycles. The SMILES string of the molecule is CC(C)(C)c1ccccc1Oc1ncccc1Nc1nc(C(F)(F)F)c(-c2cccnc2[18F])s1. The second-order valence-corrected chi connectivity index (χ2v) is 9.36. The molecule has 0 saturated carbocycles. The summed E-state index contributed by atoms with van der Waals surface area (Å²) >= 11 is 0.665. The average molecular weight is 488 g/mol. The molecule has 0 atom stereocenters. The summed E-state index contributed by atoms with van der Waals surface area (Å²) in [5, 5.41) is 2.76. The van der Waals surface area contributed by atoms with Gasteiger partial charge in [-0.2, -0.15) is 17.6 Å². The predicted octanol–water partition coefficient (Wildman–Crippen LogP) is 7.59. The standard InChI is InChI=1S/C24H20F4N4OS/c1-23(2,3)15-9-4-5-11-17(15)33-21-16(10-7-13-30-21)31-22-32-19(24(26,27)28)18(34-22)14-8-6-12-29-20(14)25/h4-13H,1-3H3,(H,31,32)/i25-1. The van der Waals surface area contributed by atoms with Gasteiger partial charge in [-0.15, -0.1) is 0 Å². The molecule has 0 spiro atoms. The van der Waals surface area contributed by atoms with Crippen LogP contribution in [0.25, 0.3) is 10.4 Å². The fraction of sp³-hybridized carbons (Fsp3) is 0.208. The third kappa shape index (κ3) is 5.01. The second kappa shape index (κ2) is 9.02. The molecule has 0 saturated heterocycles. The first kappa shape index (κ1) is 23.6. The molecular formula is C24H20F4N4OS. The first-order chi connectivity index (χ1) is 16.0. The molecule has 4 rings (SSSR count). The number of benzene rings is 1. The van der Waals surface area contributed by atoms with Gasteiger partial charge in [0, 0.05) is 23.5 Å². The number of halogens is 4. The summed E-state index contributed by atoms with van der Waals surface area (Å²) in [4.78, 5) is 11.0. The first-order valence-corrected chi connectivity index (χ1v) is 11.0. The number of pyridine rings is 2. The van der Waals surface area contributed by atoms with Crippen molar-refractivity contribution in [1.29, 1.82) is 0 Å². The normalized spacial score (nSPS) is 12.0. The highest BCUT2D eigenvalue weighted by molar-refractivity contribution is 7.19. The van der Waals surface area contributed by atoms with E-state index in [0.717, 1.165) is 5.56 Å². The highest BCUT2D eigenvalue weighted by atomic mass is 32.1. The monoisotopic (exact) mass is 487 g/mol. The fourth-order valence-electron chi connectivity index (χ4n) is 3.27. The van der Waals surface area contributed by atoms with Crippen molar-refractivity contribution in [2.24, 2.45) is 0 Å². The van der Waals surface area contributed by atoms with Crippen LogP contribution in [0.5, 0.6) is 11.6 Å². The number of nitrogens with one attached hydrogen (secondary N) is 1.